The highest BCUT2D eigenvalue weighted by Gasteiger charge is 2.08. The van der Waals surface area contributed by atoms with Gasteiger partial charge in [0.25, 0.3) is 0 Å². The highest BCUT2D eigenvalue weighted by atomic mass is 16.4. The fraction of sp³-hybridized carbons (Fsp3) is 0.476. The molecule has 4 N–H and O–H groups in total. The Labute approximate surface area is 155 Å². The summed E-state index contributed by atoms with van der Waals surface area (Å²) in [4.78, 5) is 10.5. The molecule has 1 unspecified atom stereocenters. The van der Waals surface area contributed by atoms with Crippen LogP contribution in [0.3, 0.4) is 0 Å². The predicted molar refractivity (Wildman–Crippen MR) is 103 cm³/mol. The number of benzene rings is 1. The highest BCUT2D eigenvalue weighted by Crippen LogP contribution is 2.29. The first-order chi connectivity index (χ1) is 12.4. The summed E-state index contributed by atoms with van der Waals surface area (Å²) < 4.78 is 0. The van der Waals surface area contributed by atoms with Crippen LogP contribution >= 0.6 is 0 Å². The van der Waals surface area contributed by atoms with E-state index >= 15 is 0 Å². The van der Waals surface area contributed by atoms with Crippen LogP contribution in [0.25, 0.3) is 6.08 Å². The Hall–Kier alpha value is -2.27. The third kappa shape index (κ3) is 8.72. The summed E-state index contributed by atoms with van der Waals surface area (Å²) in [7, 11) is 0. The molecule has 1 aromatic rings. The maximum Gasteiger partial charge on any atom is 0.303 e. The lowest BCUT2D eigenvalue weighted by Gasteiger charge is -2.09. The molecule has 144 valence electrons. The van der Waals surface area contributed by atoms with E-state index in [9.17, 15) is 20.1 Å². The number of allylic oxidation sites excluding steroid dienone is 2. The van der Waals surface area contributed by atoms with Gasteiger partial charge in [0, 0.05) is 18.1 Å². The number of carbonyl (C=O) groups is 1. The van der Waals surface area contributed by atoms with Crippen molar-refractivity contribution in [3.8, 4) is 11.5 Å². The van der Waals surface area contributed by atoms with Gasteiger partial charge in [0.1, 0.15) is 11.5 Å². The number of carboxylic acids is 1. The Morgan fingerprint density at radius 3 is 2.62 bits per heavy atom. The quantitative estimate of drug-likeness (QED) is 0.326. The first-order valence-electron chi connectivity index (χ1n) is 9.22. The van der Waals surface area contributed by atoms with Gasteiger partial charge >= 0.3 is 5.97 Å². The third-order valence-electron chi connectivity index (χ3n) is 4.10. The van der Waals surface area contributed by atoms with E-state index in [0.29, 0.717) is 36.8 Å². The molecule has 0 heterocycles. The average Bonchev–Trinajstić information content (AvgIpc) is 2.57. The zero-order valence-electron chi connectivity index (χ0n) is 15.4. The van der Waals surface area contributed by atoms with Crippen molar-refractivity contribution in [2.75, 3.05) is 0 Å². The lowest BCUT2D eigenvalue weighted by molar-refractivity contribution is -0.137. The van der Waals surface area contributed by atoms with Crippen molar-refractivity contribution < 1.29 is 25.2 Å². The second-order valence-electron chi connectivity index (χ2n) is 6.42. The van der Waals surface area contributed by atoms with E-state index in [1.807, 2.05) is 12.2 Å². The maximum absolute atomic E-state index is 10.5. The Morgan fingerprint density at radius 1 is 1.15 bits per heavy atom. The zero-order valence-corrected chi connectivity index (χ0v) is 15.4. The maximum atomic E-state index is 10.5. The van der Waals surface area contributed by atoms with Gasteiger partial charge in [-0.25, -0.2) is 0 Å². The number of aliphatic hydroxyl groups is 1. The average molecular weight is 362 g/mol. The monoisotopic (exact) mass is 362 g/mol. The van der Waals surface area contributed by atoms with Crippen LogP contribution in [0.5, 0.6) is 11.5 Å². The summed E-state index contributed by atoms with van der Waals surface area (Å²) in [5.41, 5.74) is 1.32. The van der Waals surface area contributed by atoms with E-state index in [0.717, 1.165) is 19.3 Å². The molecule has 1 rings (SSSR count). The van der Waals surface area contributed by atoms with Gasteiger partial charge in [0.05, 0.1) is 6.10 Å². The number of aliphatic hydroxyl groups excluding tert-OH is 1. The number of carboxylic acid groups (broad SMARTS) is 1. The highest BCUT2D eigenvalue weighted by molar-refractivity contribution is 5.66. The number of hydrogen-bond acceptors (Lipinski definition) is 4. The fourth-order valence-corrected chi connectivity index (χ4v) is 2.64. The van der Waals surface area contributed by atoms with E-state index in [4.69, 9.17) is 5.11 Å². The standard InChI is InChI=1S/C21H30O5/c1-2-3-6-9-17(22)13-12-16-14-18(23)15-20(24)19(16)10-7-4-5-8-11-21(25)26/h4,7,12-15,17,22-24H,2-3,5-6,8-11H2,1H3,(H,25,26)/b7-4+,13-12+. The largest absolute Gasteiger partial charge is 0.508 e. The first kappa shape index (κ1) is 21.8. The number of phenols is 2. The van der Waals surface area contributed by atoms with Crippen molar-refractivity contribution in [3.63, 3.8) is 0 Å². The second-order valence-corrected chi connectivity index (χ2v) is 6.42. The van der Waals surface area contributed by atoms with Crippen LogP contribution < -0.4 is 0 Å². The molecule has 0 spiro atoms. The zero-order chi connectivity index (χ0) is 19.4. The summed E-state index contributed by atoms with van der Waals surface area (Å²) in [5, 5.41) is 38.5. The van der Waals surface area contributed by atoms with Gasteiger partial charge in [0.2, 0.25) is 0 Å². The van der Waals surface area contributed by atoms with Gasteiger partial charge in [-0.3, -0.25) is 4.79 Å². The van der Waals surface area contributed by atoms with E-state index in [-0.39, 0.29) is 17.9 Å². The number of unbranched alkanes of at least 4 members (excludes halogenated alkanes) is 3. The number of phenolic OH excluding ortho intramolecular Hbond substituents is 2. The molecular formula is C21H30O5. The lowest BCUT2D eigenvalue weighted by atomic mass is 10.0. The van der Waals surface area contributed by atoms with Gasteiger partial charge in [-0.15, -0.1) is 0 Å². The van der Waals surface area contributed by atoms with Crippen molar-refractivity contribution in [3.05, 3.63) is 41.5 Å². The normalized spacial score (nSPS) is 12.8. The molecular weight excluding hydrogens is 332 g/mol. The molecule has 0 saturated carbocycles. The fourth-order valence-electron chi connectivity index (χ4n) is 2.64. The predicted octanol–water partition coefficient (Wildman–Crippen LogP) is 4.41. The molecule has 0 aromatic heterocycles. The second kappa shape index (κ2) is 12.1. The van der Waals surface area contributed by atoms with Crippen molar-refractivity contribution in [1.82, 2.24) is 0 Å². The minimum atomic E-state index is -0.806. The summed E-state index contributed by atoms with van der Waals surface area (Å²) >= 11 is 0. The van der Waals surface area contributed by atoms with Gasteiger partial charge in [0.15, 0.2) is 0 Å². The van der Waals surface area contributed by atoms with Crippen molar-refractivity contribution in [2.45, 2.75) is 64.4 Å². The molecule has 1 atom stereocenters. The van der Waals surface area contributed by atoms with Crippen LogP contribution in [0.15, 0.2) is 30.4 Å². The smallest absolute Gasteiger partial charge is 0.303 e. The molecule has 26 heavy (non-hydrogen) atoms. The molecule has 0 aliphatic heterocycles. The Bertz CT molecular complexity index is 619. The Kier molecular flexibility index (Phi) is 10.2. The number of aromatic hydroxyl groups is 2. The summed E-state index contributed by atoms with van der Waals surface area (Å²) in [6.07, 6.45) is 12.3. The molecule has 5 nitrogen and oxygen atoms in total. The van der Waals surface area contributed by atoms with Crippen molar-refractivity contribution >= 4 is 12.0 Å². The molecule has 0 fully saturated rings. The minimum absolute atomic E-state index is 0.000286. The SMILES string of the molecule is CCCCCC(O)/C=C/c1cc(O)cc(O)c1C/C=C/CCCC(=O)O. The molecule has 1 aromatic carbocycles. The van der Waals surface area contributed by atoms with Crippen LogP contribution in [-0.4, -0.2) is 32.5 Å². The molecule has 5 heteroatoms. The molecule has 0 bridgehead atoms. The summed E-state index contributed by atoms with van der Waals surface area (Å²) in [6, 6.07) is 2.85. The van der Waals surface area contributed by atoms with E-state index < -0.39 is 12.1 Å². The number of hydrogen-bond donors (Lipinski definition) is 4. The first-order valence-corrected chi connectivity index (χ1v) is 9.22. The van der Waals surface area contributed by atoms with Crippen LogP contribution in [0.1, 0.15) is 63.0 Å². The van der Waals surface area contributed by atoms with Gasteiger partial charge in [-0.05, 0) is 37.3 Å². The van der Waals surface area contributed by atoms with Gasteiger partial charge < -0.3 is 20.4 Å². The summed E-state index contributed by atoms with van der Waals surface area (Å²) in [6.45, 7) is 2.11. The van der Waals surface area contributed by atoms with Crippen molar-refractivity contribution in [2.24, 2.45) is 0 Å². The van der Waals surface area contributed by atoms with E-state index in [1.54, 1.807) is 18.2 Å². The van der Waals surface area contributed by atoms with Crippen LogP contribution in [-0.2, 0) is 11.2 Å². The van der Waals surface area contributed by atoms with Gasteiger partial charge in [-0.1, -0.05) is 50.5 Å². The topological polar surface area (TPSA) is 98.0 Å². The molecule has 0 radical (unpaired) electrons. The minimum Gasteiger partial charge on any atom is -0.508 e. The molecule has 0 aliphatic carbocycles. The lowest BCUT2D eigenvalue weighted by Crippen LogP contribution is -2.01. The van der Waals surface area contributed by atoms with E-state index in [2.05, 4.69) is 6.92 Å². The van der Waals surface area contributed by atoms with Crippen molar-refractivity contribution in [1.29, 1.82) is 0 Å². The molecule has 0 saturated heterocycles. The Morgan fingerprint density at radius 2 is 1.92 bits per heavy atom. The Balaban J connectivity index is 2.72. The number of rotatable bonds is 12. The van der Waals surface area contributed by atoms with Crippen LogP contribution in [0.2, 0.25) is 0 Å². The third-order valence-corrected chi connectivity index (χ3v) is 4.10. The molecule has 0 amide bonds. The summed E-state index contributed by atoms with van der Waals surface area (Å²) in [5.74, 6) is -0.836. The van der Waals surface area contributed by atoms with Crippen LogP contribution in [0, 0.1) is 0 Å². The van der Waals surface area contributed by atoms with Crippen LogP contribution in [0.4, 0.5) is 0 Å². The van der Waals surface area contributed by atoms with Gasteiger partial charge in [-0.2, -0.15) is 0 Å². The molecule has 0 aliphatic rings. The number of aliphatic carboxylic acids is 1. The van der Waals surface area contributed by atoms with E-state index in [1.165, 1.54) is 6.07 Å².